The topological polar surface area (TPSA) is 144 Å². The van der Waals surface area contributed by atoms with Crippen LogP contribution in [-0.4, -0.2) is 50.6 Å². The SMILES string of the molecule is C=CC(=O)N1CCC[C@@H](Nc2c(-c3cnn(C(F)F)c3)cnc(N)c2C(N)c2ccc(C(=O)Nc3ccccc3)cc2)C1. The van der Waals surface area contributed by atoms with Crippen LogP contribution in [0.2, 0.25) is 0 Å². The number of nitrogens with zero attached hydrogens (tertiary/aromatic N) is 4. The van der Waals surface area contributed by atoms with Crippen LogP contribution in [0, 0.1) is 0 Å². The second-order valence-corrected chi connectivity index (χ2v) is 10.2. The summed E-state index contributed by atoms with van der Waals surface area (Å²) in [5, 5.41) is 10.1. The normalized spacial score (nSPS) is 15.6. The number of hydrogen-bond acceptors (Lipinski definition) is 7. The fourth-order valence-corrected chi connectivity index (χ4v) is 5.18. The van der Waals surface area contributed by atoms with Gasteiger partial charge in [-0.3, -0.25) is 9.59 Å². The van der Waals surface area contributed by atoms with Gasteiger partial charge in [0.05, 0.1) is 17.9 Å². The molecule has 4 aromatic rings. The second kappa shape index (κ2) is 12.8. The van der Waals surface area contributed by atoms with Gasteiger partial charge in [0.25, 0.3) is 5.91 Å². The van der Waals surface area contributed by atoms with Gasteiger partial charge in [-0.05, 0) is 48.7 Å². The van der Waals surface area contributed by atoms with Crippen molar-refractivity contribution in [1.82, 2.24) is 19.7 Å². The van der Waals surface area contributed by atoms with Gasteiger partial charge in [-0.15, -0.1) is 0 Å². The van der Waals surface area contributed by atoms with Crippen molar-refractivity contribution in [3.63, 3.8) is 0 Å². The molecule has 12 heteroatoms. The van der Waals surface area contributed by atoms with E-state index in [1.165, 1.54) is 24.7 Å². The Bertz CT molecular complexity index is 1610. The lowest BCUT2D eigenvalue weighted by atomic mass is 9.93. The molecule has 2 aromatic carbocycles. The van der Waals surface area contributed by atoms with Gasteiger partial charge in [-0.25, -0.2) is 9.67 Å². The van der Waals surface area contributed by atoms with Gasteiger partial charge in [0.15, 0.2) is 0 Å². The molecule has 1 saturated heterocycles. The maximum atomic E-state index is 13.4. The summed E-state index contributed by atoms with van der Waals surface area (Å²) in [5.41, 5.74) is 16.8. The fraction of sp³-hybridized carbons (Fsp3) is 0.226. The van der Waals surface area contributed by atoms with Crippen molar-refractivity contribution in [2.24, 2.45) is 5.73 Å². The number of nitrogens with two attached hydrogens (primary N) is 2. The Hall–Kier alpha value is -5.10. The number of nitrogens with one attached hydrogen (secondary N) is 2. The minimum Gasteiger partial charge on any atom is -0.383 e. The predicted octanol–water partition coefficient (Wildman–Crippen LogP) is 4.81. The zero-order valence-corrected chi connectivity index (χ0v) is 23.3. The summed E-state index contributed by atoms with van der Waals surface area (Å²) in [6.07, 6.45) is 6.83. The molecule has 1 aliphatic rings. The van der Waals surface area contributed by atoms with E-state index in [0.717, 1.165) is 12.8 Å². The van der Waals surface area contributed by atoms with Crippen LogP contribution < -0.4 is 22.1 Å². The van der Waals surface area contributed by atoms with E-state index >= 15 is 0 Å². The highest BCUT2D eigenvalue weighted by Crippen LogP contribution is 2.39. The van der Waals surface area contributed by atoms with Crippen molar-refractivity contribution in [3.05, 3.63) is 103 Å². The van der Waals surface area contributed by atoms with Gasteiger partial charge < -0.3 is 27.0 Å². The predicted molar refractivity (Wildman–Crippen MR) is 161 cm³/mol. The van der Waals surface area contributed by atoms with Crippen molar-refractivity contribution < 1.29 is 18.4 Å². The maximum Gasteiger partial charge on any atom is 0.333 e. The zero-order chi connectivity index (χ0) is 30.5. The summed E-state index contributed by atoms with van der Waals surface area (Å²) in [4.78, 5) is 31.1. The number of aromatic nitrogens is 3. The number of amides is 2. The Morgan fingerprint density at radius 3 is 2.51 bits per heavy atom. The van der Waals surface area contributed by atoms with Crippen LogP contribution in [0.3, 0.4) is 0 Å². The summed E-state index contributed by atoms with van der Waals surface area (Å²) >= 11 is 0. The van der Waals surface area contributed by atoms with E-state index in [1.807, 2.05) is 18.2 Å². The largest absolute Gasteiger partial charge is 0.383 e. The molecule has 2 aromatic heterocycles. The quantitative estimate of drug-likeness (QED) is 0.206. The van der Waals surface area contributed by atoms with E-state index in [-0.39, 0.29) is 23.7 Å². The van der Waals surface area contributed by atoms with Crippen LogP contribution in [0.1, 0.15) is 46.9 Å². The third kappa shape index (κ3) is 6.54. The molecule has 0 saturated carbocycles. The van der Waals surface area contributed by atoms with Gasteiger partial charge in [0.2, 0.25) is 5.91 Å². The van der Waals surface area contributed by atoms with Crippen LogP contribution in [0.5, 0.6) is 0 Å². The third-order valence-electron chi connectivity index (χ3n) is 7.39. The summed E-state index contributed by atoms with van der Waals surface area (Å²) in [5.74, 6) is -0.294. The first-order valence-corrected chi connectivity index (χ1v) is 13.8. The number of para-hydroxylation sites is 1. The number of halogens is 2. The minimum atomic E-state index is -2.82. The number of rotatable bonds is 9. The molecule has 43 heavy (non-hydrogen) atoms. The number of benzene rings is 2. The van der Waals surface area contributed by atoms with Crippen LogP contribution in [-0.2, 0) is 4.79 Å². The van der Waals surface area contributed by atoms with E-state index in [4.69, 9.17) is 11.5 Å². The number of alkyl halides is 2. The number of hydrogen-bond donors (Lipinski definition) is 4. The second-order valence-electron chi connectivity index (χ2n) is 10.2. The molecule has 3 heterocycles. The van der Waals surface area contributed by atoms with Crippen molar-refractivity contribution in [2.75, 3.05) is 29.5 Å². The lowest BCUT2D eigenvalue weighted by molar-refractivity contribution is -0.127. The Morgan fingerprint density at radius 2 is 1.84 bits per heavy atom. The molecule has 6 N–H and O–H groups in total. The van der Waals surface area contributed by atoms with Crippen LogP contribution >= 0.6 is 0 Å². The van der Waals surface area contributed by atoms with Gasteiger partial charge in [-0.1, -0.05) is 36.9 Å². The van der Waals surface area contributed by atoms with Crippen LogP contribution in [0.15, 0.2) is 85.8 Å². The molecule has 2 amide bonds. The smallest absolute Gasteiger partial charge is 0.333 e. The molecule has 222 valence electrons. The molecule has 1 fully saturated rings. The fourth-order valence-electron chi connectivity index (χ4n) is 5.18. The van der Waals surface area contributed by atoms with Gasteiger partial charge >= 0.3 is 6.55 Å². The van der Waals surface area contributed by atoms with E-state index in [1.54, 1.807) is 41.3 Å². The number of likely N-dealkylation sites (tertiary alicyclic amines) is 1. The monoisotopic (exact) mass is 586 g/mol. The number of piperidine rings is 1. The third-order valence-corrected chi connectivity index (χ3v) is 7.39. The van der Waals surface area contributed by atoms with Crippen LogP contribution in [0.25, 0.3) is 11.1 Å². The van der Waals surface area contributed by atoms with Gasteiger partial charge in [-0.2, -0.15) is 13.9 Å². The molecule has 0 radical (unpaired) electrons. The summed E-state index contributed by atoms with van der Waals surface area (Å²) in [7, 11) is 0. The Balaban J connectivity index is 1.49. The molecule has 0 spiro atoms. The molecule has 0 bridgehead atoms. The van der Waals surface area contributed by atoms with Gasteiger partial charge in [0, 0.05) is 59.5 Å². The van der Waals surface area contributed by atoms with E-state index in [0.29, 0.717) is 57.0 Å². The molecular formula is C31H32F2N8O2. The molecule has 0 aliphatic carbocycles. The molecule has 2 atom stereocenters. The number of anilines is 3. The first-order chi connectivity index (χ1) is 20.7. The van der Waals surface area contributed by atoms with Crippen molar-refractivity contribution >= 4 is 29.0 Å². The highest BCUT2D eigenvalue weighted by atomic mass is 19.3. The van der Waals surface area contributed by atoms with E-state index in [9.17, 15) is 18.4 Å². The maximum absolute atomic E-state index is 13.4. The van der Waals surface area contributed by atoms with Gasteiger partial charge in [0.1, 0.15) is 5.82 Å². The van der Waals surface area contributed by atoms with Crippen LogP contribution in [0.4, 0.5) is 26.0 Å². The Morgan fingerprint density at radius 1 is 1.09 bits per heavy atom. The molecular weight excluding hydrogens is 554 g/mol. The molecule has 1 unspecified atom stereocenters. The number of nitrogen functional groups attached to an aromatic ring is 1. The Kier molecular flexibility index (Phi) is 8.77. The number of pyridine rings is 1. The first kappa shape index (κ1) is 29.4. The number of carbonyl (C=O) groups is 2. The number of carbonyl (C=O) groups excluding carboxylic acids is 2. The molecule has 5 rings (SSSR count). The van der Waals surface area contributed by atoms with Crippen molar-refractivity contribution in [3.8, 4) is 11.1 Å². The lowest BCUT2D eigenvalue weighted by Crippen LogP contribution is -2.44. The highest BCUT2D eigenvalue weighted by Gasteiger charge is 2.28. The van der Waals surface area contributed by atoms with E-state index in [2.05, 4.69) is 27.3 Å². The summed E-state index contributed by atoms with van der Waals surface area (Å²) < 4.78 is 27.3. The van der Waals surface area contributed by atoms with E-state index < -0.39 is 12.6 Å². The van der Waals surface area contributed by atoms with Crippen molar-refractivity contribution in [1.29, 1.82) is 0 Å². The minimum absolute atomic E-state index is 0.153. The summed E-state index contributed by atoms with van der Waals surface area (Å²) in [6.45, 7) is 1.78. The highest BCUT2D eigenvalue weighted by molar-refractivity contribution is 6.04. The standard InChI is InChI=1S/C31H32F2N8O2/c1-2-25(42)40-14-6-9-23(18-40)38-28-24(21-15-37-41(17-21)31(32)33)16-36-29(35)26(28)27(34)19-10-12-20(13-11-19)30(43)39-22-7-4-3-5-8-22/h2-5,7-8,10-13,15-17,23,27,31H,1,6,9,14,18,34H2,(H,39,43)(H3,35,36,38)/t23-,27?/m1/s1. The summed E-state index contributed by atoms with van der Waals surface area (Å²) in [6, 6.07) is 14.9. The molecule has 10 nitrogen and oxygen atoms in total. The lowest BCUT2D eigenvalue weighted by Gasteiger charge is -2.34. The average molecular weight is 587 g/mol. The van der Waals surface area contributed by atoms with Crippen molar-refractivity contribution in [2.45, 2.75) is 31.5 Å². The zero-order valence-electron chi connectivity index (χ0n) is 23.3. The first-order valence-electron chi connectivity index (χ1n) is 13.8. The average Bonchev–Trinajstić information content (AvgIpc) is 3.52. The Labute approximate surface area is 247 Å². The molecule has 1 aliphatic heterocycles.